The first-order valence-electron chi connectivity index (χ1n) is 10.2. The molecule has 1 aliphatic rings. The van der Waals surface area contributed by atoms with Gasteiger partial charge in [0, 0.05) is 38.2 Å². The Morgan fingerprint density at radius 2 is 1.88 bits per heavy atom. The van der Waals surface area contributed by atoms with E-state index >= 15 is 0 Å². The molecule has 1 aromatic carbocycles. The Morgan fingerprint density at radius 1 is 1.06 bits per heavy atom. The number of para-hydroxylation sites is 1. The number of carbonyl (C=O) groups is 1. The van der Waals surface area contributed by atoms with Crippen molar-refractivity contribution in [1.29, 1.82) is 0 Å². The lowest BCUT2D eigenvalue weighted by Gasteiger charge is -2.38. The number of nitrogens with zero attached hydrogens (tertiary/aromatic N) is 7. The van der Waals surface area contributed by atoms with Crippen molar-refractivity contribution in [3.05, 3.63) is 78.3 Å². The van der Waals surface area contributed by atoms with Crippen molar-refractivity contribution in [1.82, 2.24) is 29.5 Å². The standard InChI is InChI=1S/C22H21FN8O/c1-29-11-12-30(22-24-9-4-10-25-22)14-18(29)20-28-27-19-8-7-15(13-31(19)20)21(32)26-17-6-3-2-5-16(17)23/h2-10,13,18H,11-12,14H2,1H3,(H,26,32)/t18-/m0/s1. The number of pyridine rings is 1. The number of piperazine rings is 1. The molecule has 0 bridgehead atoms. The predicted molar refractivity (Wildman–Crippen MR) is 117 cm³/mol. The molecule has 4 aromatic rings. The Morgan fingerprint density at radius 3 is 2.69 bits per heavy atom. The molecule has 0 unspecified atom stereocenters. The first kappa shape index (κ1) is 20.0. The van der Waals surface area contributed by atoms with Gasteiger partial charge in [-0.15, -0.1) is 10.2 Å². The van der Waals surface area contributed by atoms with Crippen LogP contribution >= 0.6 is 0 Å². The lowest BCUT2D eigenvalue weighted by Crippen LogP contribution is -2.47. The van der Waals surface area contributed by atoms with Gasteiger partial charge in [0.05, 0.1) is 17.3 Å². The zero-order valence-corrected chi connectivity index (χ0v) is 17.4. The van der Waals surface area contributed by atoms with Gasteiger partial charge in [-0.05, 0) is 37.4 Å². The van der Waals surface area contributed by atoms with E-state index < -0.39 is 11.7 Å². The van der Waals surface area contributed by atoms with Gasteiger partial charge < -0.3 is 10.2 Å². The molecule has 1 fully saturated rings. The van der Waals surface area contributed by atoms with Crippen LogP contribution in [-0.4, -0.2) is 62.1 Å². The number of benzene rings is 1. The molecule has 1 saturated heterocycles. The molecule has 1 N–H and O–H groups in total. The molecular weight excluding hydrogens is 411 g/mol. The Kier molecular flexibility index (Phi) is 5.20. The van der Waals surface area contributed by atoms with Crippen molar-refractivity contribution in [2.45, 2.75) is 6.04 Å². The lowest BCUT2D eigenvalue weighted by molar-refractivity contribution is 0.102. The molecule has 5 rings (SSSR count). The molecule has 0 spiro atoms. The van der Waals surface area contributed by atoms with Crippen LogP contribution in [0.5, 0.6) is 0 Å². The molecule has 32 heavy (non-hydrogen) atoms. The fourth-order valence-corrected chi connectivity index (χ4v) is 3.82. The van der Waals surface area contributed by atoms with Crippen molar-refractivity contribution in [3.63, 3.8) is 0 Å². The molecule has 1 atom stereocenters. The van der Waals surface area contributed by atoms with Gasteiger partial charge in [0.2, 0.25) is 5.95 Å². The summed E-state index contributed by atoms with van der Waals surface area (Å²) in [5.74, 6) is 0.486. The molecule has 10 heteroatoms. The largest absolute Gasteiger partial charge is 0.338 e. The van der Waals surface area contributed by atoms with Crippen molar-refractivity contribution < 1.29 is 9.18 Å². The summed E-state index contributed by atoms with van der Waals surface area (Å²) in [6, 6.07) is 11.2. The maximum atomic E-state index is 13.9. The van der Waals surface area contributed by atoms with E-state index in [1.807, 2.05) is 11.4 Å². The van der Waals surface area contributed by atoms with E-state index in [0.29, 0.717) is 29.5 Å². The SMILES string of the molecule is CN1CCN(c2ncccn2)C[C@H]1c1nnc2ccc(C(=O)Nc3ccccc3F)cn12. The topological polar surface area (TPSA) is 91.6 Å². The third-order valence-electron chi connectivity index (χ3n) is 5.59. The summed E-state index contributed by atoms with van der Waals surface area (Å²) in [5.41, 5.74) is 1.14. The van der Waals surface area contributed by atoms with Crippen LogP contribution in [0.3, 0.4) is 0 Å². The van der Waals surface area contributed by atoms with Gasteiger partial charge in [0.25, 0.3) is 5.91 Å². The Balaban J connectivity index is 1.44. The van der Waals surface area contributed by atoms with Crippen LogP contribution in [0.4, 0.5) is 16.0 Å². The van der Waals surface area contributed by atoms with E-state index in [0.717, 1.165) is 13.1 Å². The first-order valence-corrected chi connectivity index (χ1v) is 10.2. The molecule has 1 amide bonds. The van der Waals surface area contributed by atoms with Crippen LogP contribution in [0.25, 0.3) is 5.65 Å². The number of amides is 1. The number of aromatic nitrogens is 5. The summed E-state index contributed by atoms with van der Waals surface area (Å²) < 4.78 is 15.7. The maximum absolute atomic E-state index is 13.9. The zero-order chi connectivity index (χ0) is 22.1. The second-order valence-electron chi connectivity index (χ2n) is 7.63. The summed E-state index contributed by atoms with van der Waals surface area (Å²) >= 11 is 0. The highest BCUT2D eigenvalue weighted by atomic mass is 19.1. The number of rotatable bonds is 4. The first-order chi connectivity index (χ1) is 15.6. The molecule has 162 valence electrons. The van der Waals surface area contributed by atoms with Crippen LogP contribution in [0.15, 0.2) is 61.1 Å². The number of nitrogens with one attached hydrogen (secondary N) is 1. The van der Waals surface area contributed by atoms with Crippen molar-refractivity contribution in [2.24, 2.45) is 0 Å². The van der Waals surface area contributed by atoms with Gasteiger partial charge in [0.15, 0.2) is 11.5 Å². The Hall–Kier alpha value is -3.92. The minimum Gasteiger partial charge on any atom is -0.338 e. The highest BCUT2D eigenvalue weighted by Crippen LogP contribution is 2.25. The van der Waals surface area contributed by atoms with E-state index in [4.69, 9.17) is 0 Å². The van der Waals surface area contributed by atoms with Crippen molar-refractivity contribution in [3.8, 4) is 0 Å². The number of anilines is 2. The summed E-state index contributed by atoms with van der Waals surface area (Å²) in [4.78, 5) is 25.8. The highest BCUT2D eigenvalue weighted by Gasteiger charge is 2.30. The van der Waals surface area contributed by atoms with E-state index in [1.165, 1.54) is 12.1 Å². The summed E-state index contributed by atoms with van der Waals surface area (Å²) in [5, 5.41) is 11.3. The highest BCUT2D eigenvalue weighted by molar-refractivity contribution is 6.04. The normalized spacial score (nSPS) is 16.9. The molecule has 9 nitrogen and oxygen atoms in total. The van der Waals surface area contributed by atoms with Gasteiger partial charge >= 0.3 is 0 Å². The number of likely N-dealkylation sites (N-methyl/N-ethyl adjacent to an activating group) is 1. The van der Waals surface area contributed by atoms with E-state index in [1.54, 1.807) is 48.9 Å². The fourth-order valence-electron chi connectivity index (χ4n) is 3.82. The van der Waals surface area contributed by atoms with Crippen LogP contribution in [0.2, 0.25) is 0 Å². The molecule has 4 heterocycles. The van der Waals surface area contributed by atoms with Crippen molar-refractivity contribution >= 4 is 23.2 Å². The van der Waals surface area contributed by atoms with E-state index in [-0.39, 0.29) is 11.7 Å². The molecule has 3 aromatic heterocycles. The average Bonchev–Trinajstić information content (AvgIpc) is 3.24. The van der Waals surface area contributed by atoms with Gasteiger partial charge in [0.1, 0.15) is 5.82 Å². The smallest absolute Gasteiger partial charge is 0.257 e. The Bertz CT molecular complexity index is 1260. The third kappa shape index (κ3) is 3.76. The second kappa shape index (κ2) is 8.31. The number of carbonyl (C=O) groups excluding carboxylic acids is 1. The van der Waals surface area contributed by atoms with Gasteiger partial charge in [-0.2, -0.15) is 0 Å². The molecule has 0 aliphatic carbocycles. The second-order valence-corrected chi connectivity index (χ2v) is 7.63. The Labute approximate surface area is 183 Å². The maximum Gasteiger partial charge on any atom is 0.257 e. The molecule has 0 saturated carbocycles. The molecule has 0 radical (unpaired) electrons. The molecule has 1 aliphatic heterocycles. The summed E-state index contributed by atoms with van der Waals surface area (Å²) in [6.07, 6.45) is 5.14. The van der Waals surface area contributed by atoms with Gasteiger partial charge in [-0.1, -0.05) is 12.1 Å². The third-order valence-corrected chi connectivity index (χ3v) is 5.59. The average molecular weight is 432 g/mol. The number of fused-ring (bicyclic) bond motifs is 1. The number of hydrogen-bond donors (Lipinski definition) is 1. The van der Waals surface area contributed by atoms with Gasteiger partial charge in [-0.25, -0.2) is 14.4 Å². The van der Waals surface area contributed by atoms with Crippen LogP contribution in [0.1, 0.15) is 22.2 Å². The monoisotopic (exact) mass is 432 g/mol. The number of halogens is 1. The number of hydrogen-bond acceptors (Lipinski definition) is 7. The van der Waals surface area contributed by atoms with Crippen LogP contribution in [0, 0.1) is 5.82 Å². The minimum absolute atomic E-state index is 0.0764. The van der Waals surface area contributed by atoms with E-state index in [2.05, 4.69) is 35.3 Å². The minimum atomic E-state index is -0.487. The van der Waals surface area contributed by atoms with Crippen molar-refractivity contribution in [2.75, 3.05) is 36.9 Å². The summed E-state index contributed by atoms with van der Waals surface area (Å²) in [7, 11) is 2.03. The van der Waals surface area contributed by atoms with Crippen LogP contribution in [-0.2, 0) is 0 Å². The van der Waals surface area contributed by atoms with E-state index in [9.17, 15) is 9.18 Å². The lowest BCUT2D eigenvalue weighted by atomic mass is 10.1. The quantitative estimate of drug-likeness (QED) is 0.529. The van der Waals surface area contributed by atoms with Gasteiger partial charge in [-0.3, -0.25) is 14.1 Å². The summed E-state index contributed by atoms with van der Waals surface area (Å²) in [6.45, 7) is 2.22. The van der Waals surface area contributed by atoms with Crippen LogP contribution < -0.4 is 10.2 Å². The molecular formula is C22H21FN8O. The zero-order valence-electron chi connectivity index (χ0n) is 17.4. The predicted octanol–water partition coefficient (Wildman–Crippen LogP) is 2.40. The fraction of sp³-hybridized carbons (Fsp3) is 0.227.